The van der Waals surface area contributed by atoms with Crippen molar-refractivity contribution in [3.05, 3.63) is 58.8 Å². The van der Waals surface area contributed by atoms with E-state index in [4.69, 9.17) is 4.74 Å². The fraction of sp³-hybridized carbons (Fsp3) is 0.250. The molecule has 0 fully saturated rings. The van der Waals surface area contributed by atoms with Crippen LogP contribution in [0.25, 0.3) is 0 Å². The molecule has 2 aromatic rings. The molecule has 0 atom stereocenters. The fourth-order valence-corrected chi connectivity index (χ4v) is 1.88. The Bertz CT molecular complexity index is 606. The van der Waals surface area contributed by atoms with Gasteiger partial charge in [-0.25, -0.2) is 9.78 Å². The highest BCUT2D eigenvalue weighted by Crippen LogP contribution is 2.13. The summed E-state index contributed by atoms with van der Waals surface area (Å²) in [5.41, 5.74) is 3.58. The van der Waals surface area contributed by atoms with E-state index >= 15 is 0 Å². The Balaban J connectivity index is 2.05. The highest BCUT2D eigenvalue weighted by atomic mass is 16.5. The molecule has 0 spiro atoms. The number of hydrogen-bond acceptors (Lipinski definition) is 4. The Morgan fingerprint density at radius 1 is 1.15 bits per heavy atom. The molecule has 1 aromatic heterocycles. The predicted molar refractivity (Wildman–Crippen MR) is 78.8 cm³/mol. The lowest BCUT2D eigenvalue weighted by molar-refractivity contribution is 0.0599. The van der Waals surface area contributed by atoms with Gasteiger partial charge < -0.3 is 10.1 Å². The van der Waals surface area contributed by atoms with E-state index in [-0.39, 0.29) is 5.97 Å². The number of ether oxygens (including phenoxy) is 1. The first kappa shape index (κ1) is 14.1. The minimum absolute atomic E-state index is 0.361. The molecule has 0 amide bonds. The number of anilines is 1. The number of methoxy groups -OCH3 is 1. The number of aromatic nitrogens is 1. The van der Waals surface area contributed by atoms with Crippen LogP contribution in [0.4, 0.5) is 5.82 Å². The van der Waals surface area contributed by atoms with E-state index in [1.54, 1.807) is 19.1 Å². The van der Waals surface area contributed by atoms with Crippen LogP contribution in [0.5, 0.6) is 0 Å². The van der Waals surface area contributed by atoms with Crippen LogP contribution in [0.3, 0.4) is 0 Å². The molecule has 1 N–H and O–H groups in total. The zero-order chi connectivity index (χ0) is 14.5. The lowest BCUT2D eigenvalue weighted by Crippen LogP contribution is -2.08. The van der Waals surface area contributed by atoms with Crippen LogP contribution in [0.15, 0.2) is 36.4 Å². The third kappa shape index (κ3) is 3.35. The lowest BCUT2D eigenvalue weighted by Gasteiger charge is -2.09. The van der Waals surface area contributed by atoms with Crippen LogP contribution in [0, 0.1) is 13.8 Å². The first-order valence-electron chi connectivity index (χ1n) is 6.45. The van der Waals surface area contributed by atoms with E-state index in [1.165, 1.54) is 18.2 Å². The SMILES string of the molecule is COC(=O)c1ccc(NCc2ccc(C)cc2)nc1C. The third-order valence-corrected chi connectivity index (χ3v) is 3.09. The summed E-state index contributed by atoms with van der Waals surface area (Å²) >= 11 is 0. The summed E-state index contributed by atoms with van der Waals surface area (Å²) in [7, 11) is 1.37. The van der Waals surface area contributed by atoms with Crippen molar-refractivity contribution in [2.24, 2.45) is 0 Å². The fourth-order valence-electron chi connectivity index (χ4n) is 1.88. The molecular formula is C16H18N2O2. The van der Waals surface area contributed by atoms with Crippen LogP contribution in [-0.2, 0) is 11.3 Å². The molecule has 0 aliphatic rings. The smallest absolute Gasteiger partial charge is 0.339 e. The molecule has 104 valence electrons. The zero-order valence-corrected chi connectivity index (χ0v) is 11.9. The zero-order valence-electron chi connectivity index (χ0n) is 11.9. The van der Waals surface area contributed by atoms with E-state index in [0.29, 0.717) is 17.8 Å². The Morgan fingerprint density at radius 3 is 2.45 bits per heavy atom. The molecule has 4 heteroatoms. The predicted octanol–water partition coefficient (Wildman–Crippen LogP) is 3.10. The molecule has 0 bridgehead atoms. The molecule has 2 rings (SSSR count). The molecule has 0 aliphatic heterocycles. The van der Waals surface area contributed by atoms with Crippen LogP contribution in [0.1, 0.15) is 27.2 Å². The first-order chi connectivity index (χ1) is 9.60. The maximum absolute atomic E-state index is 11.5. The van der Waals surface area contributed by atoms with Gasteiger partial charge in [-0.3, -0.25) is 0 Å². The van der Waals surface area contributed by atoms with Gasteiger partial charge in [-0.15, -0.1) is 0 Å². The second-order valence-corrected chi connectivity index (χ2v) is 4.66. The van der Waals surface area contributed by atoms with E-state index in [1.807, 2.05) is 0 Å². The number of rotatable bonds is 4. The van der Waals surface area contributed by atoms with Crippen molar-refractivity contribution >= 4 is 11.8 Å². The van der Waals surface area contributed by atoms with Gasteiger partial charge in [0.05, 0.1) is 18.4 Å². The number of aryl methyl sites for hydroxylation is 2. The monoisotopic (exact) mass is 270 g/mol. The lowest BCUT2D eigenvalue weighted by atomic mass is 10.1. The van der Waals surface area contributed by atoms with Gasteiger partial charge in [0.1, 0.15) is 5.82 Å². The largest absolute Gasteiger partial charge is 0.465 e. The maximum atomic E-state index is 11.5. The van der Waals surface area contributed by atoms with Crippen molar-refractivity contribution in [1.82, 2.24) is 4.98 Å². The number of benzene rings is 1. The van der Waals surface area contributed by atoms with Gasteiger partial charge in [0.15, 0.2) is 0 Å². The van der Waals surface area contributed by atoms with E-state index in [9.17, 15) is 4.79 Å². The summed E-state index contributed by atoms with van der Waals surface area (Å²) in [4.78, 5) is 15.8. The highest BCUT2D eigenvalue weighted by molar-refractivity contribution is 5.90. The van der Waals surface area contributed by atoms with Crippen LogP contribution in [-0.4, -0.2) is 18.1 Å². The maximum Gasteiger partial charge on any atom is 0.339 e. The van der Waals surface area contributed by atoms with Crippen molar-refractivity contribution in [2.45, 2.75) is 20.4 Å². The average Bonchev–Trinajstić information content (AvgIpc) is 2.46. The topological polar surface area (TPSA) is 51.2 Å². The third-order valence-electron chi connectivity index (χ3n) is 3.09. The van der Waals surface area contributed by atoms with Crippen molar-refractivity contribution in [3.8, 4) is 0 Å². The number of nitrogens with zero attached hydrogens (tertiary/aromatic N) is 1. The summed E-state index contributed by atoms with van der Waals surface area (Å²) < 4.78 is 4.70. The Hall–Kier alpha value is -2.36. The molecule has 0 aliphatic carbocycles. The summed E-state index contributed by atoms with van der Waals surface area (Å²) in [5.74, 6) is 0.385. The number of nitrogens with one attached hydrogen (secondary N) is 1. The summed E-state index contributed by atoms with van der Waals surface area (Å²) in [5, 5.41) is 3.24. The van der Waals surface area contributed by atoms with Gasteiger partial charge in [0, 0.05) is 6.54 Å². The number of carbonyl (C=O) groups excluding carboxylic acids is 1. The van der Waals surface area contributed by atoms with Crippen LogP contribution < -0.4 is 5.32 Å². The number of hydrogen-bond donors (Lipinski definition) is 1. The number of pyridine rings is 1. The normalized spacial score (nSPS) is 10.2. The Kier molecular flexibility index (Phi) is 4.35. The minimum Gasteiger partial charge on any atom is -0.465 e. The Labute approximate surface area is 118 Å². The quantitative estimate of drug-likeness (QED) is 0.867. The van der Waals surface area contributed by atoms with Gasteiger partial charge in [0.25, 0.3) is 0 Å². The van der Waals surface area contributed by atoms with E-state index in [0.717, 1.165) is 5.82 Å². The standard InChI is InChI=1S/C16H18N2O2/c1-11-4-6-13(7-5-11)10-17-15-9-8-14(12(2)18-15)16(19)20-3/h4-9H,10H2,1-3H3,(H,17,18). The summed E-state index contributed by atoms with van der Waals surface area (Å²) in [6.07, 6.45) is 0. The first-order valence-corrected chi connectivity index (χ1v) is 6.45. The van der Waals surface area contributed by atoms with Crippen LogP contribution in [0.2, 0.25) is 0 Å². The minimum atomic E-state index is -0.361. The van der Waals surface area contributed by atoms with E-state index < -0.39 is 0 Å². The van der Waals surface area contributed by atoms with Gasteiger partial charge in [-0.05, 0) is 31.5 Å². The molecule has 0 saturated carbocycles. The molecule has 1 heterocycles. The van der Waals surface area contributed by atoms with Crippen molar-refractivity contribution in [2.75, 3.05) is 12.4 Å². The molecule has 20 heavy (non-hydrogen) atoms. The Morgan fingerprint density at radius 2 is 1.85 bits per heavy atom. The van der Waals surface area contributed by atoms with Crippen molar-refractivity contribution < 1.29 is 9.53 Å². The van der Waals surface area contributed by atoms with Gasteiger partial charge >= 0.3 is 5.97 Å². The van der Waals surface area contributed by atoms with E-state index in [2.05, 4.69) is 41.5 Å². The number of carbonyl (C=O) groups is 1. The highest BCUT2D eigenvalue weighted by Gasteiger charge is 2.10. The number of esters is 1. The van der Waals surface area contributed by atoms with Crippen molar-refractivity contribution in [1.29, 1.82) is 0 Å². The van der Waals surface area contributed by atoms with Crippen molar-refractivity contribution in [3.63, 3.8) is 0 Å². The molecule has 0 radical (unpaired) electrons. The summed E-state index contributed by atoms with van der Waals surface area (Å²) in [6, 6.07) is 11.8. The average molecular weight is 270 g/mol. The summed E-state index contributed by atoms with van der Waals surface area (Å²) in [6.45, 7) is 4.56. The molecule has 0 saturated heterocycles. The van der Waals surface area contributed by atoms with Gasteiger partial charge in [0.2, 0.25) is 0 Å². The molecular weight excluding hydrogens is 252 g/mol. The van der Waals surface area contributed by atoms with Gasteiger partial charge in [-0.2, -0.15) is 0 Å². The second-order valence-electron chi connectivity index (χ2n) is 4.66. The van der Waals surface area contributed by atoms with Gasteiger partial charge in [-0.1, -0.05) is 29.8 Å². The second kappa shape index (κ2) is 6.19. The molecule has 1 aromatic carbocycles. The molecule has 0 unspecified atom stereocenters. The van der Waals surface area contributed by atoms with Crippen LogP contribution >= 0.6 is 0 Å². The molecule has 4 nitrogen and oxygen atoms in total.